The van der Waals surface area contributed by atoms with Crippen LogP contribution in [-0.4, -0.2) is 5.91 Å². The Balaban J connectivity index is 1.99. The van der Waals surface area contributed by atoms with Gasteiger partial charge >= 0.3 is 0 Å². The van der Waals surface area contributed by atoms with E-state index in [0.29, 0.717) is 12.1 Å². The summed E-state index contributed by atoms with van der Waals surface area (Å²) in [6.07, 6.45) is 0. The third-order valence-electron chi connectivity index (χ3n) is 3.38. The zero-order valence-electron chi connectivity index (χ0n) is 12.6. The number of nitrogens with one attached hydrogen (secondary N) is 1. The Morgan fingerprint density at radius 1 is 1.00 bits per heavy atom. The molecule has 0 aliphatic rings. The molecule has 2 aromatic carbocycles. The topological polar surface area (TPSA) is 29.1 Å². The summed E-state index contributed by atoms with van der Waals surface area (Å²) < 4.78 is 12.8. The average Bonchev–Trinajstić information content (AvgIpc) is 2.45. The van der Waals surface area contributed by atoms with E-state index >= 15 is 0 Å². The summed E-state index contributed by atoms with van der Waals surface area (Å²) in [5.74, 6) is -0.400. The number of benzene rings is 2. The fourth-order valence-corrected chi connectivity index (χ4v) is 2.01. The summed E-state index contributed by atoms with van der Waals surface area (Å²) in [5, 5.41) is 2.83. The monoisotopic (exact) mass is 285 g/mol. The molecule has 0 radical (unpaired) electrons. The molecule has 3 heteroatoms. The van der Waals surface area contributed by atoms with Crippen molar-refractivity contribution in [3.05, 3.63) is 71.0 Å². The molecule has 0 heterocycles. The SMILES string of the molecule is CC(C)(C)c1ccc(C(=O)NCc2ccc(F)cc2)cc1. The number of halogens is 1. The average molecular weight is 285 g/mol. The first-order valence-electron chi connectivity index (χ1n) is 6.99. The van der Waals surface area contributed by atoms with Crippen LogP contribution in [0.1, 0.15) is 42.3 Å². The van der Waals surface area contributed by atoms with Crippen LogP contribution in [0, 0.1) is 5.82 Å². The van der Waals surface area contributed by atoms with Gasteiger partial charge in [0.25, 0.3) is 5.91 Å². The maximum Gasteiger partial charge on any atom is 0.251 e. The van der Waals surface area contributed by atoms with Gasteiger partial charge < -0.3 is 5.32 Å². The van der Waals surface area contributed by atoms with E-state index < -0.39 is 0 Å². The van der Waals surface area contributed by atoms with E-state index in [4.69, 9.17) is 0 Å². The minimum Gasteiger partial charge on any atom is -0.348 e. The molecule has 2 nitrogen and oxygen atoms in total. The molecular formula is C18H20FNO. The smallest absolute Gasteiger partial charge is 0.251 e. The van der Waals surface area contributed by atoms with Crippen molar-refractivity contribution in [2.24, 2.45) is 0 Å². The lowest BCUT2D eigenvalue weighted by molar-refractivity contribution is 0.0951. The molecule has 1 amide bonds. The Kier molecular flexibility index (Phi) is 4.41. The lowest BCUT2D eigenvalue weighted by Gasteiger charge is -2.19. The Hall–Kier alpha value is -2.16. The molecule has 0 saturated carbocycles. The Morgan fingerprint density at radius 2 is 1.57 bits per heavy atom. The summed E-state index contributed by atoms with van der Waals surface area (Å²) in [5.41, 5.74) is 2.77. The van der Waals surface area contributed by atoms with Gasteiger partial charge in [-0.3, -0.25) is 4.79 Å². The number of hydrogen-bond acceptors (Lipinski definition) is 1. The first-order chi connectivity index (χ1) is 9.86. The van der Waals surface area contributed by atoms with E-state index in [-0.39, 0.29) is 17.1 Å². The van der Waals surface area contributed by atoms with E-state index in [1.807, 2.05) is 24.3 Å². The molecule has 0 unspecified atom stereocenters. The molecule has 0 aliphatic heterocycles. The Labute approximate surface area is 125 Å². The van der Waals surface area contributed by atoms with Crippen molar-refractivity contribution >= 4 is 5.91 Å². The number of rotatable bonds is 3. The zero-order valence-corrected chi connectivity index (χ0v) is 12.6. The van der Waals surface area contributed by atoms with E-state index in [1.165, 1.54) is 17.7 Å². The van der Waals surface area contributed by atoms with Gasteiger partial charge in [0.15, 0.2) is 0 Å². The number of hydrogen-bond donors (Lipinski definition) is 1. The standard InChI is InChI=1S/C18H20FNO/c1-18(2,3)15-8-6-14(7-9-15)17(21)20-12-13-4-10-16(19)11-5-13/h4-11H,12H2,1-3H3,(H,20,21). The van der Waals surface area contributed by atoms with Crippen molar-refractivity contribution < 1.29 is 9.18 Å². The summed E-state index contributed by atoms with van der Waals surface area (Å²) in [6, 6.07) is 13.7. The van der Waals surface area contributed by atoms with Gasteiger partial charge in [-0.1, -0.05) is 45.0 Å². The number of carbonyl (C=O) groups excluding carboxylic acids is 1. The van der Waals surface area contributed by atoms with Crippen LogP contribution in [0.2, 0.25) is 0 Å². The van der Waals surface area contributed by atoms with Crippen molar-refractivity contribution in [3.63, 3.8) is 0 Å². The van der Waals surface area contributed by atoms with Gasteiger partial charge in [-0.25, -0.2) is 4.39 Å². The second kappa shape index (κ2) is 6.08. The fraction of sp³-hybridized carbons (Fsp3) is 0.278. The highest BCUT2D eigenvalue weighted by molar-refractivity contribution is 5.94. The lowest BCUT2D eigenvalue weighted by Crippen LogP contribution is -2.23. The van der Waals surface area contributed by atoms with Gasteiger partial charge in [0.2, 0.25) is 0 Å². The molecular weight excluding hydrogens is 265 g/mol. The van der Waals surface area contributed by atoms with E-state index in [9.17, 15) is 9.18 Å². The third kappa shape index (κ3) is 4.15. The van der Waals surface area contributed by atoms with Crippen molar-refractivity contribution in [1.82, 2.24) is 5.32 Å². The molecule has 0 saturated heterocycles. The molecule has 110 valence electrons. The highest BCUT2D eigenvalue weighted by Gasteiger charge is 2.14. The first-order valence-corrected chi connectivity index (χ1v) is 6.99. The molecule has 0 spiro atoms. The van der Waals surface area contributed by atoms with Crippen molar-refractivity contribution in [1.29, 1.82) is 0 Å². The fourth-order valence-electron chi connectivity index (χ4n) is 2.01. The maximum atomic E-state index is 12.8. The summed E-state index contributed by atoms with van der Waals surface area (Å²) in [7, 11) is 0. The van der Waals surface area contributed by atoms with Crippen LogP contribution in [0.25, 0.3) is 0 Å². The predicted molar refractivity (Wildman–Crippen MR) is 82.7 cm³/mol. The van der Waals surface area contributed by atoms with Crippen LogP contribution >= 0.6 is 0 Å². The van der Waals surface area contributed by atoms with Crippen LogP contribution < -0.4 is 5.32 Å². The maximum absolute atomic E-state index is 12.8. The lowest BCUT2D eigenvalue weighted by atomic mass is 9.87. The minimum absolute atomic E-state index is 0.0725. The van der Waals surface area contributed by atoms with Crippen LogP contribution in [0.15, 0.2) is 48.5 Å². The number of carbonyl (C=O) groups is 1. The first kappa shape index (κ1) is 15.2. The highest BCUT2D eigenvalue weighted by Crippen LogP contribution is 2.22. The molecule has 1 N–H and O–H groups in total. The Bertz CT molecular complexity index is 609. The quantitative estimate of drug-likeness (QED) is 0.905. The summed E-state index contributed by atoms with van der Waals surface area (Å²) >= 11 is 0. The second-order valence-corrected chi connectivity index (χ2v) is 6.14. The molecule has 0 fully saturated rings. The van der Waals surface area contributed by atoms with Gasteiger partial charge in [0, 0.05) is 12.1 Å². The predicted octanol–water partition coefficient (Wildman–Crippen LogP) is 4.05. The zero-order chi connectivity index (χ0) is 15.5. The van der Waals surface area contributed by atoms with Crippen molar-refractivity contribution in [2.45, 2.75) is 32.7 Å². The Morgan fingerprint density at radius 3 is 2.10 bits per heavy atom. The van der Waals surface area contributed by atoms with Gasteiger partial charge in [-0.2, -0.15) is 0 Å². The third-order valence-corrected chi connectivity index (χ3v) is 3.38. The molecule has 21 heavy (non-hydrogen) atoms. The number of amides is 1. The van der Waals surface area contributed by atoms with E-state index in [2.05, 4.69) is 26.1 Å². The van der Waals surface area contributed by atoms with Crippen LogP contribution in [0.4, 0.5) is 4.39 Å². The van der Waals surface area contributed by atoms with Gasteiger partial charge in [-0.05, 0) is 40.8 Å². The minimum atomic E-state index is -0.275. The summed E-state index contributed by atoms with van der Waals surface area (Å²) in [6.45, 7) is 6.80. The molecule has 2 aromatic rings. The van der Waals surface area contributed by atoms with Crippen molar-refractivity contribution in [3.8, 4) is 0 Å². The highest BCUT2D eigenvalue weighted by atomic mass is 19.1. The molecule has 0 aromatic heterocycles. The molecule has 0 aliphatic carbocycles. The van der Waals surface area contributed by atoms with Crippen molar-refractivity contribution in [2.75, 3.05) is 0 Å². The van der Waals surface area contributed by atoms with Crippen LogP contribution in [0.5, 0.6) is 0 Å². The normalized spacial score (nSPS) is 11.2. The van der Waals surface area contributed by atoms with Crippen LogP contribution in [0.3, 0.4) is 0 Å². The summed E-state index contributed by atoms with van der Waals surface area (Å²) in [4.78, 5) is 12.1. The van der Waals surface area contributed by atoms with E-state index in [1.54, 1.807) is 12.1 Å². The molecule has 0 bridgehead atoms. The second-order valence-electron chi connectivity index (χ2n) is 6.14. The van der Waals surface area contributed by atoms with Gasteiger partial charge in [0.05, 0.1) is 0 Å². The van der Waals surface area contributed by atoms with E-state index in [0.717, 1.165) is 5.56 Å². The van der Waals surface area contributed by atoms with Gasteiger partial charge in [-0.15, -0.1) is 0 Å². The largest absolute Gasteiger partial charge is 0.348 e. The molecule has 0 atom stereocenters. The van der Waals surface area contributed by atoms with Crippen LogP contribution in [-0.2, 0) is 12.0 Å². The molecule has 2 rings (SSSR count). The van der Waals surface area contributed by atoms with Gasteiger partial charge in [0.1, 0.15) is 5.82 Å².